The van der Waals surface area contributed by atoms with Gasteiger partial charge in [0.2, 0.25) is 5.91 Å². The number of carbonyl (C=O) groups excluding carboxylic acids is 1. The van der Waals surface area contributed by atoms with E-state index in [0.717, 1.165) is 25.7 Å². The van der Waals surface area contributed by atoms with Crippen LogP contribution in [-0.2, 0) is 13.9 Å². The lowest BCUT2D eigenvalue weighted by Gasteiger charge is -2.04. The monoisotopic (exact) mass is 269 g/mol. The first-order valence-electron chi connectivity index (χ1n) is 5.40. The molecule has 0 radical (unpaired) electrons. The standard InChI is InChI=1S/C9H20NO4PS/c11-9(5-8-16)10-6-3-1-2-4-7-14-15(12)13/h15-16H,1-8H2,(H,10,11)(H,12,13). The second-order valence-electron chi connectivity index (χ2n) is 3.35. The summed E-state index contributed by atoms with van der Waals surface area (Å²) in [4.78, 5) is 19.4. The van der Waals surface area contributed by atoms with Crippen LogP contribution < -0.4 is 5.32 Å². The van der Waals surface area contributed by atoms with Gasteiger partial charge in [-0.3, -0.25) is 9.36 Å². The van der Waals surface area contributed by atoms with Crippen LogP contribution in [0.2, 0.25) is 0 Å². The van der Waals surface area contributed by atoms with E-state index in [1.807, 2.05) is 0 Å². The van der Waals surface area contributed by atoms with Crippen LogP contribution in [-0.4, -0.2) is 29.7 Å². The molecule has 16 heavy (non-hydrogen) atoms. The Kier molecular flexibility index (Phi) is 11.4. The van der Waals surface area contributed by atoms with Crippen LogP contribution in [0.3, 0.4) is 0 Å². The minimum absolute atomic E-state index is 0.0391. The van der Waals surface area contributed by atoms with E-state index in [1.165, 1.54) is 0 Å². The average molecular weight is 269 g/mol. The molecule has 1 atom stereocenters. The predicted octanol–water partition coefficient (Wildman–Crippen LogP) is 1.38. The van der Waals surface area contributed by atoms with Crippen molar-refractivity contribution in [2.45, 2.75) is 32.1 Å². The van der Waals surface area contributed by atoms with Crippen molar-refractivity contribution in [1.29, 1.82) is 0 Å². The summed E-state index contributed by atoms with van der Waals surface area (Å²) >= 11 is 3.96. The van der Waals surface area contributed by atoms with E-state index in [4.69, 9.17) is 4.89 Å². The molecule has 0 fully saturated rings. The molecule has 0 aliphatic carbocycles. The highest BCUT2D eigenvalue weighted by molar-refractivity contribution is 7.80. The summed E-state index contributed by atoms with van der Waals surface area (Å²) < 4.78 is 14.7. The first-order chi connectivity index (χ1) is 7.66. The SMILES string of the molecule is O=C(CCS)NCCCCCCO[PH](=O)O. The number of hydrogen-bond donors (Lipinski definition) is 3. The van der Waals surface area contributed by atoms with Crippen molar-refractivity contribution in [3.8, 4) is 0 Å². The van der Waals surface area contributed by atoms with Crippen molar-refractivity contribution in [2.24, 2.45) is 0 Å². The summed E-state index contributed by atoms with van der Waals surface area (Å²) in [7, 11) is -2.76. The molecule has 0 aromatic heterocycles. The fourth-order valence-electron chi connectivity index (χ4n) is 1.16. The number of carbonyl (C=O) groups is 1. The van der Waals surface area contributed by atoms with Crippen LogP contribution in [0.1, 0.15) is 32.1 Å². The molecule has 0 bridgehead atoms. The highest BCUT2D eigenvalue weighted by Crippen LogP contribution is 2.15. The molecular formula is C9H20NO4PS. The van der Waals surface area contributed by atoms with Crippen LogP contribution in [0.5, 0.6) is 0 Å². The van der Waals surface area contributed by atoms with E-state index in [-0.39, 0.29) is 5.91 Å². The summed E-state index contributed by atoms with van der Waals surface area (Å²) in [5.41, 5.74) is 0. The Morgan fingerprint density at radius 1 is 1.31 bits per heavy atom. The van der Waals surface area contributed by atoms with Crippen LogP contribution in [0.4, 0.5) is 0 Å². The van der Waals surface area contributed by atoms with E-state index in [2.05, 4.69) is 22.5 Å². The molecule has 5 nitrogen and oxygen atoms in total. The number of hydrogen-bond acceptors (Lipinski definition) is 4. The van der Waals surface area contributed by atoms with Crippen molar-refractivity contribution in [2.75, 3.05) is 18.9 Å². The van der Waals surface area contributed by atoms with Gasteiger partial charge in [0.15, 0.2) is 0 Å². The summed E-state index contributed by atoms with van der Waals surface area (Å²) in [6.07, 6.45) is 4.09. The zero-order valence-electron chi connectivity index (χ0n) is 9.28. The topological polar surface area (TPSA) is 75.6 Å². The zero-order valence-corrected chi connectivity index (χ0v) is 11.2. The lowest BCUT2D eigenvalue weighted by molar-refractivity contribution is -0.120. The maximum absolute atomic E-state index is 11.0. The number of nitrogens with one attached hydrogen (secondary N) is 1. The molecule has 1 unspecified atom stereocenters. The Labute approximate surface area is 102 Å². The number of thiol groups is 1. The van der Waals surface area contributed by atoms with Gasteiger partial charge in [0, 0.05) is 13.0 Å². The van der Waals surface area contributed by atoms with Crippen LogP contribution in [0.15, 0.2) is 0 Å². The first kappa shape index (κ1) is 16.0. The third-order valence-electron chi connectivity index (χ3n) is 1.96. The minimum Gasteiger partial charge on any atom is -0.356 e. The molecule has 0 aliphatic rings. The molecule has 0 aromatic carbocycles. The number of amides is 1. The van der Waals surface area contributed by atoms with Gasteiger partial charge in [0.05, 0.1) is 6.61 Å². The van der Waals surface area contributed by atoms with Crippen LogP contribution >= 0.6 is 20.9 Å². The molecule has 0 aliphatic heterocycles. The second kappa shape index (κ2) is 11.5. The molecule has 96 valence electrons. The Morgan fingerprint density at radius 3 is 2.62 bits per heavy atom. The Morgan fingerprint density at radius 2 is 2.00 bits per heavy atom. The van der Waals surface area contributed by atoms with Crippen molar-refractivity contribution >= 4 is 26.8 Å². The molecule has 7 heteroatoms. The maximum Gasteiger partial charge on any atom is 0.316 e. The predicted molar refractivity (Wildman–Crippen MR) is 67.1 cm³/mol. The summed E-state index contributed by atoms with van der Waals surface area (Å²) in [6, 6.07) is 0. The lowest BCUT2D eigenvalue weighted by atomic mass is 10.2. The number of unbranched alkanes of at least 4 members (excludes halogenated alkanes) is 3. The van der Waals surface area contributed by atoms with E-state index < -0.39 is 8.25 Å². The average Bonchev–Trinajstić information content (AvgIpc) is 2.22. The molecule has 2 N–H and O–H groups in total. The fraction of sp³-hybridized carbons (Fsp3) is 0.889. The maximum atomic E-state index is 11.0. The van der Waals surface area contributed by atoms with E-state index in [0.29, 0.717) is 25.3 Å². The summed E-state index contributed by atoms with van der Waals surface area (Å²) in [5, 5.41) is 2.79. The lowest BCUT2D eigenvalue weighted by Crippen LogP contribution is -2.24. The molecule has 0 saturated carbocycles. The third-order valence-corrected chi connectivity index (χ3v) is 2.63. The third kappa shape index (κ3) is 12.0. The van der Waals surface area contributed by atoms with E-state index in [9.17, 15) is 9.36 Å². The summed E-state index contributed by atoms with van der Waals surface area (Å²) in [5.74, 6) is 0.612. The van der Waals surface area contributed by atoms with Gasteiger partial charge in [0.25, 0.3) is 0 Å². The number of rotatable bonds is 10. The normalized spacial score (nSPS) is 12.4. The second-order valence-corrected chi connectivity index (χ2v) is 4.62. The van der Waals surface area contributed by atoms with Gasteiger partial charge in [-0.1, -0.05) is 12.8 Å². The van der Waals surface area contributed by atoms with Crippen molar-refractivity contribution in [1.82, 2.24) is 5.32 Å². The zero-order chi connectivity index (χ0) is 12.2. The van der Waals surface area contributed by atoms with Gasteiger partial charge < -0.3 is 14.7 Å². The van der Waals surface area contributed by atoms with E-state index >= 15 is 0 Å². The Bertz CT molecular complexity index is 216. The molecular weight excluding hydrogens is 249 g/mol. The molecule has 1 amide bonds. The quantitative estimate of drug-likeness (QED) is 0.318. The fourth-order valence-corrected chi connectivity index (χ4v) is 1.68. The van der Waals surface area contributed by atoms with Crippen molar-refractivity contribution in [3.05, 3.63) is 0 Å². The van der Waals surface area contributed by atoms with Gasteiger partial charge in [0.1, 0.15) is 0 Å². The smallest absolute Gasteiger partial charge is 0.316 e. The van der Waals surface area contributed by atoms with Gasteiger partial charge in [-0.15, -0.1) is 0 Å². The van der Waals surface area contributed by atoms with Gasteiger partial charge in [-0.05, 0) is 18.6 Å². The van der Waals surface area contributed by atoms with Gasteiger partial charge >= 0.3 is 8.25 Å². The molecule has 0 rings (SSSR count). The van der Waals surface area contributed by atoms with Crippen molar-refractivity contribution in [3.63, 3.8) is 0 Å². The Balaban J connectivity index is 3.09. The summed E-state index contributed by atoms with van der Waals surface area (Å²) in [6.45, 7) is 1.02. The first-order valence-corrected chi connectivity index (χ1v) is 7.29. The van der Waals surface area contributed by atoms with Crippen LogP contribution in [0, 0.1) is 0 Å². The Hall–Kier alpha value is -0.0300. The highest BCUT2D eigenvalue weighted by atomic mass is 32.1. The highest BCUT2D eigenvalue weighted by Gasteiger charge is 1.98. The van der Waals surface area contributed by atoms with Gasteiger partial charge in [-0.2, -0.15) is 12.6 Å². The molecule has 0 aromatic rings. The van der Waals surface area contributed by atoms with E-state index in [1.54, 1.807) is 0 Å². The van der Waals surface area contributed by atoms with Gasteiger partial charge in [-0.25, -0.2) is 0 Å². The molecule has 0 saturated heterocycles. The van der Waals surface area contributed by atoms with Crippen molar-refractivity contribution < 1.29 is 18.8 Å². The largest absolute Gasteiger partial charge is 0.356 e. The minimum atomic E-state index is -2.76. The molecule has 0 heterocycles. The van der Waals surface area contributed by atoms with Crippen LogP contribution in [0.25, 0.3) is 0 Å². The molecule has 0 spiro atoms.